The van der Waals surface area contributed by atoms with Crippen LogP contribution < -0.4 is 5.32 Å². The van der Waals surface area contributed by atoms with Gasteiger partial charge < -0.3 is 5.32 Å². The number of alkyl halides is 3. The van der Waals surface area contributed by atoms with Gasteiger partial charge in [-0.3, -0.25) is 0 Å². The summed E-state index contributed by atoms with van der Waals surface area (Å²) in [6, 6.07) is 10.8. The zero-order valence-corrected chi connectivity index (χ0v) is 10.4. The van der Waals surface area contributed by atoms with Crippen LogP contribution >= 0.6 is 0 Å². The topological polar surface area (TPSA) is 37.8 Å². The van der Waals surface area contributed by atoms with E-state index in [0.717, 1.165) is 18.7 Å². The molecule has 1 heterocycles. The van der Waals surface area contributed by atoms with E-state index in [0.29, 0.717) is 5.92 Å². The minimum absolute atomic E-state index is 0.0308. The van der Waals surface area contributed by atoms with Crippen LogP contribution in [0.25, 0.3) is 0 Å². The first-order valence-corrected chi connectivity index (χ1v) is 6.26. The maximum absolute atomic E-state index is 12.5. The molecule has 1 fully saturated rings. The number of nitrogens with one attached hydrogen (secondary N) is 1. The lowest BCUT2D eigenvalue weighted by molar-refractivity contribution is -0.141. The summed E-state index contributed by atoms with van der Waals surface area (Å²) in [5.74, 6) is 0.345. The van der Waals surface area contributed by atoms with Gasteiger partial charge in [0.2, 0.25) is 5.95 Å². The number of rotatable bonds is 3. The Morgan fingerprint density at radius 1 is 1.10 bits per heavy atom. The molecule has 2 atom stereocenters. The lowest BCUT2D eigenvalue weighted by Crippen LogP contribution is -2.13. The summed E-state index contributed by atoms with van der Waals surface area (Å²) in [6.45, 7) is 0. The van der Waals surface area contributed by atoms with Crippen LogP contribution in [0.15, 0.2) is 42.6 Å². The van der Waals surface area contributed by atoms with Gasteiger partial charge in [-0.15, -0.1) is 0 Å². The van der Waals surface area contributed by atoms with Crippen LogP contribution in [0, 0.1) is 0 Å². The molecular formula is C14H12F3N3. The Kier molecular flexibility index (Phi) is 3.08. The predicted molar refractivity (Wildman–Crippen MR) is 68.2 cm³/mol. The monoisotopic (exact) mass is 279 g/mol. The highest BCUT2D eigenvalue weighted by molar-refractivity contribution is 5.37. The number of hydrogen-bond acceptors (Lipinski definition) is 3. The molecule has 1 aliphatic carbocycles. The van der Waals surface area contributed by atoms with Gasteiger partial charge in [-0.05, 0) is 18.1 Å². The van der Waals surface area contributed by atoms with Crippen LogP contribution in [-0.4, -0.2) is 16.0 Å². The van der Waals surface area contributed by atoms with E-state index in [2.05, 4.69) is 15.3 Å². The van der Waals surface area contributed by atoms with Crippen LogP contribution in [0.4, 0.5) is 19.1 Å². The van der Waals surface area contributed by atoms with Crippen molar-refractivity contribution in [1.29, 1.82) is 0 Å². The third-order valence-electron chi connectivity index (χ3n) is 3.28. The van der Waals surface area contributed by atoms with Crippen molar-refractivity contribution in [3.05, 3.63) is 53.9 Å². The Balaban J connectivity index is 1.69. The van der Waals surface area contributed by atoms with Gasteiger partial charge in [0.05, 0.1) is 0 Å². The summed E-state index contributed by atoms with van der Waals surface area (Å²) in [5.41, 5.74) is 0.254. The molecule has 6 heteroatoms. The standard InChI is InChI=1S/C14H12F3N3/c15-14(16,17)12-6-7-18-13(20-12)19-11-8-10(11)9-4-2-1-3-5-9/h1-7,10-11H,8H2,(H,18,19,20)/t10-,11+/m0/s1. The molecule has 3 rings (SSSR count). The van der Waals surface area contributed by atoms with E-state index < -0.39 is 11.9 Å². The minimum Gasteiger partial charge on any atom is -0.351 e. The molecule has 1 aromatic carbocycles. The smallest absolute Gasteiger partial charge is 0.351 e. The highest BCUT2D eigenvalue weighted by Gasteiger charge is 2.39. The second kappa shape index (κ2) is 4.77. The summed E-state index contributed by atoms with van der Waals surface area (Å²) in [4.78, 5) is 7.34. The van der Waals surface area contributed by atoms with Gasteiger partial charge in [-0.25, -0.2) is 9.97 Å². The Hall–Kier alpha value is -2.11. The zero-order chi connectivity index (χ0) is 14.2. The zero-order valence-electron chi connectivity index (χ0n) is 10.4. The molecule has 1 aromatic heterocycles. The average molecular weight is 279 g/mol. The van der Waals surface area contributed by atoms with Crippen molar-refractivity contribution in [2.24, 2.45) is 0 Å². The highest BCUT2D eigenvalue weighted by Crippen LogP contribution is 2.42. The van der Waals surface area contributed by atoms with Crippen LogP contribution in [-0.2, 0) is 6.18 Å². The number of anilines is 1. The maximum atomic E-state index is 12.5. The quantitative estimate of drug-likeness (QED) is 0.935. The predicted octanol–water partition coefficient (Wildman–Crippen LogP) is 3.46. The van der Waals surface area contributed by atoms with Crippen molar-refractivity contribution in [2.75, 3.05) is 5.32 Å². The Bertz CT molecular complexity index is 598. The first-order chi connectivity index (χ1) is 9.54. The van der Waals surface area contributed by atoms with Crippen LogP contribution in [0.2, 0.25) is 0 Å². The molecule has 0 radical (unpaired) electrons. The second-order valence-corrected chi connectivity index (χ2v) is 4.77. The Morgan fingerprint density at radius 3 is 2.55 bits per heavy atom. The van der Waals surface area contributed by atoms with Crippen molar-refractivity contribution in [3.63, 3.8) is 0 Å². The summed E-state index contributed by atoms with van der Waals surface area (Å²) < 4.78 is 37.6. The lowest BCUT2D eigenvalue weighted by atomic mass is 10.1. The fourth-order valence-corrected chi connectivity index (χ4v) is 2.18. The van der Waals surface area contributed by atoms with E-state index in [4.69, 9.17) is 0 Å². The molecule has 1 aliphatic rings. The number of nitrogens with zero attached hydrogens (tertiary/aromatic N) is 2. The third-order valence-corrected chi connectivity index (χ3v) is 3.28. The van der Waals surface area contributed by atoms with E-state index in [9.17, 15) is 13.2 Å². The largest absolute Gasteiger partial charge is 0.433 e. The molecule has 0 spiro atoms. The number of hydrogen-bond donors (Lipinski definition) is 1. The van der Waals surface area contributed by atoms with Gasteiger partial charge in [0, 0.05) is 18.2 Å². The van der Waals surface area contributed by atoms with Crippen LogP contribution in [0.1, 0.15) is 23.6 Å². The summed E-state index contributed by atoms with van der Waals surface area (Å²) >= 11 is 0. The molecule has 0 aliphatic heterocycles. The van der Waals surface area contributed by atoms with Crippen molar-refractivity contribution in [1.82, 2.24) is 9.97 Å². The Labute approximate surface area is 113 Å². The van der Waals surface area contributed by atoms with Crippen molar-refractivity contribution in [3.8, 4) is 0 Å². The summed E-state index contributed by atoms with van der Waals surface area (Å²) in [7, 11) is 0. The van der Waals surface area contributed by atoms with Crippen molar-refractivity contribution in [2.45, 2.75) is 24.6 Å². The SMILES string of the molecule is FC(F)(F)c1ccnc(N[C@@H]2C[C@H]2c2ccccc2)n1. The average Bonchev–Trinajstić information content (AvgIpc) is 3.18. The maximum Gasteiger partial charge on any atom is 0.433 e. The highest BCUT2D eigenvalue weighted by atomic mass is 19.4. The first kappa shape index (κ1) is 12.9. The molecule has 0 bridgehead atoms. The summed E-state index contributed by atoms with van der Waals surface area (Å²) in [6.07, 6.45) is -2.44. The fourth-order valence-electron chi connectivity index (χ4n) is 2.18. The van der Waals surface area contributed by atoms with E-state index in [1.165, 1.54) is 5.56 Å². The van der Waals surface area contributed by atoms with E-state index in [1.807, 2.05) is 30.3 Å². The molecule has 20 heavy (non-hydrogen) atoms. The normalized spacial score (nSPS) is 21.6. The molecule has 104 valence electrons. The lowest BCUT2D eigenvalue weighted by Gasteiger charge is -2.08. The van der Waals surface area contributed by atoms with Gasteiger partial charge in [-0.2, -0.15) is 13.2 Å². The molecule has 0 saturated heterocycles. The van der Waals surface area contributed by atoms with E-state index in [1.54, 1.807) is 0 Å². The number of aromatic nitrogens is 2. The van der Waals surface area contributed by atoms with Gasteiger partial charge in [-0.1, -0.05) is 30.3 Å². The minimum atomic E-state index is -4.44. The molecule has 3 nitrogen and oxygen atoms in total. The summed E-state index contributed by atoms with van der Waals surface area (Å²) in [5, 5.41) is 2.95. The van der Waals surface area contributed by atoms with Gasteiger partial charge in [0.15, 0.2) is 0 Å². The van der Waals surface area contributed by atoms with Crippen LogP contribution in [0.5, 0.6) is 0 Å². The van der Waals surface area contributed by atoms with Crippen molar-refractivity contribution < 1.29 is 13.2 Å². The second-order valence-electron chi connectivity index (χ2n) is 4.77. The van der Waals surface area contributed by atoms with Gasteiger partial charge >= 0.3 is 6.18 Å². The van der Waals surface area contributed by atoms with Crippen LogP contribution in [0.3, 0.4) is 0 Å². The van der Waals surface area contributed by atoms with Gasteiger partial charge in [0.1, 0.15) is 5.69 Å². The molecule has 0 unspecified atom stereocenters. The molecular weight excluding hydrogens is 267 g/mol. The third kappa shape index (κ3) is 2.74. The molecule has 0 amide bonds. The number of benzene rings is 1. The molecule has 1 saturated carbocycles. The molecule has 2 aromatic rings. The van der Waals surface area contributed by atoms with Crippen molar-refractivity contribution >= 4 is 5.95 Å². The Morgan fingerprint density at radius 2 is 1.85 bits per heavy atom. The van der Waals surface area contributed by atoms with E-state index >= 15 is 0 Å². The van der Waals surface area contributed by atoms with E-state index in [-0.39, 0.29) is 12.0 Å². The fraction of sp³-hybridized carbons (Fsp3) is 0.286. The first-order valence-electron chi connectivity index (χ1n) is 6.26. The molecule has 1 N–H and O–H groups in total. The van der Waals surface area contributed by atoms with Gasteiger partial charge in [0.25, 0.3) is 0 Å². The number of halogens is 3.